The lowest BCUT2D eigenvalue weighted by molar-refractivity contribution is 0.0828. The van der Waals surface area contributed by atoms with E-state index >= 15 is 0 Å². The van der Waals surface area contributed by atoms with Crippen LogP contribution in [-0.2, 0) is 18.3 Å². The van der Waals surface area contributed by atoms with Crippen molar-refractivity contribution >= 4 is 7.60 Å². The van der Waals surface area contributed by atoms with Gasteiger partial charge in [-0.25, -0.2) is 0 Å². The summed E-state index contributed by atoms with van der Waals surface area (Å²) < 4.78 is 27.1. The molecule has 0 amide bonds. The molecule has 6 heteroatoms. The SMILES string of the molecule is CCOP(=O)(COC(C)CN)OCC. The van der Waals surface area contributed by atoms with Gasteiger partial charge in [0.1, 0.15) is 6.35 Å². The molecule has 2 N–H and O–H groups in total. The molecule has 0 aliphatic carbocycles. The Kier molecular flexibility index (Phi) is 7.41. The van der Waals surface area contributed by atoms with Gasteiger partial charge < -0.3 is 19.5 Å². The first-order chi connectivity index (χ1) is 6.58. The first-order valence-corrected chi connectivity index (χ1v) is 6.50. The number of ether oxygens (including phenoxy) is 1. The minimum atomic E-state index is -3.06. The predicted molar refractivity (Wildman–Crippen MR) is 55.3 cm³/mol. The highest BCUT2D eigenvalue weighted by atomic mass is 31.2. The normalized spacial score (nSPS) is 14.3. The Morgan fingerprint density at radius 1 is 1.29 bits per heavy atom. The summed E-state index contributed by atoms with van der Waals surface area (Å²) in [6, 6.07) is 0. The molecular weight excluding hydrogens is 205 g/mol. The van der Waals surface area contributed by atoms with E-state index in [1.807, 2.05) is 6.92 Å². The van der Waals surface area contributed by atoms with Crippen molar-refractivity contribution in [1.29, 1.82) is 0 Å². The summed E-state index contributed by atoms with van der Waals surface area (Å²) in [5.41, 5.74) is 5.35. The van der Waals surface area contributed by atoms with Gasteiger partial charge in [0, 0.05) is 6.54 Å². The maximum absolute atomic E-state index is 11.8. The largest absolute Gasteiger partial charge is 0.365 e. The first kappa shape index (κ1) is 14.1. The van der Waals surface area contributed by atoms with E-state index in [0.717, 1.165) is 0 Å². The van der Waals surface area contributed by atoms with Gasteiger partial charge in [-0.05, 0) is 20.8 Å². The zero-order valence-corrected chi connectivity index (χ0v) is 9.96. The van der Waals surface area contributed by atoms with Gasteiger partial charge in [0.15, 0.2) is 0 Å². The molecule has 0 saturated carbocycles. The second-order valence-corrected chi connectivity index (χ2v) is 4.78. The second kappa shape index (κ2) is 7.37. The molecule has 1 unspecified atom stereocenters. The number of hydrogen-bond acceptors (Lipinski definition) is 5. The molecule has 0 aromatic rings. The van der Waals surface area contributed by atoms with Crippen molar-refractivity contribution < 1.29 is 18.3 Å². The Balaban J connectivity index is 4.02. The van der Waals surface area contributed by atoms with Gasteiger partial charge in [0.25, 0.3) is 0 Å². The van der Waals surface area contributed by atoms with E-state index in [9.17, 15) is 4.57 Å². The van der Waals surface area contributed by atoms with E-state index < -0.39 is 7.60 Å². The van der Waals surface area contributed by atoms with Crippen LogP contribution in [0.2, 0.25) is 0 Å². The van der Waals surface area contributed by atoms with E-state index in [0.29, 0.717) is 19.8 Å². The van der Waals surface area contributed by atoms with Gasteiger partial charge in [-0.15, -0.1) is 0 Å². The Morgan fingerprint density at radius 2 is 1.79 bits per heavy atom. The van der Waals surface area contributed by atoms with Crippen molar-refractivity contribution in [2.75, 3.05) is 26.1 Å². The van der Waals surface area contributed by atoms with Crippen LogP contribution in [0.5, 0.6) is 0 Å². The maximum Gasteiger partial charge on any atom is 0.356 e. The topological polar surface area (TPSA) is 70.8 Å². The number of rotatable bonds is 8. The third-order valence-electron chi connectivity index (χ3n) is 1.50. The highest BCUT2D eigenvalue weighted by Gasteiger charge is 2.24. The van der Waals surface area contributed by atoms with E-state index in [-0.39, 0.29) is 12.5 Å². The van der Waals surface area contributed by atoms with Crippen LogP contribution in [0.25, 0.3) is 0 Å². The summed E-state index contributed by atoms with van der Waals surface area (Å²) in [4.78, 5) is 0. The average Bonchev–Trinajstić information content (AvgIpc) is 2.15. The van der Waals surface area contributed by atoms with Crippen molar-refractivity contribution in [3.8, 4) is 0 Å². The van der Waals surface area contributed by atoms with Crippen molar-refractivity contribution in [2.45, 2.75) is 26.9 Å². The summed E-state index contributed by atoms with van der Waals surface area (Å²) in [6.45, 7) is 6.41. The molecule has 0 fully saturated rings. The summed E-state index contributed by atoms with van der Waals surface area (Å²) >= 11 is 0. The molecule has 5 nitrogen and oxygen atoms in total. The molecule has 0 rings (SSSR count). The standard InChI is InChI=1S/C8H20NO4P/c1-4-12-14(10,13-5-2)7-11-8(3)6-9/h8H,4-7,9H2,1-3H3. The molecule has 14 heavy (non-hydrogen) atoms. The zero-order chi connectivity index (χ0) is 11.0. The fourth-order valence-corrected chi connectivity index (χ4v) is 2.24. The molecule has 0 heterocycles. The Labute approximate surface area is 85.4 Å². The van der Waals surface area contributed by atoms with E-state index in [4.69, 9.17) is 19.5 Å². The lowest BCUT2D eigenvalue weighted by atomic mass is 10.4. The highest BCUT2D eigenvalue weighted by Crippen LogP contribution is 2.47. The van der Waals surface area contributed by atoms with Gasteiger partial charge in [-0.2, -0.15) is 0 Å². The Bertz CT molecular complexity index is 178. The molecule has 0 aliphatic rings. The Morgan fingerprint density at radius 3 is 2.14 bits per heavy atom. The van der Waals surface area contributed by atoms with Crippen LogP contribution in [0.3, 0.4) is 0 Å². The highest BCUT2D eigenvalue weighted by molar-refractivity contribution is 7.53. The first-order valence-electron chi connectivity index (χ1n) is 4.77. The van der Waals surface area contributed by atoms with Gasteiger partial charge in [0.2, 0.25) is 0 Å². The van der Waals surface area contributed by atoms with Crippen LogP contribution in [0.4, 0.5) is 0 Å². The van der Waals surface area contributed by atoms with Gasteiger partial charge >= 0.3 is 7.60 Å². The molecule has 0 aliphatic heterocycles. The lowest BCUT2D eigenvalue weighted by Crippen LogP contribution is -2.21. The number of nitrogens with two attached hydrogens (primary N) is 1. The van der Waals surface area contributed by atoms with E-state index in [2.05, 4.69) is 0 Å². The third-order valence-corrected chi connectivity index (χ3v) is 3.27. The average molecular weight is 225 g/mol. The van der Waals surface area contributed by atoms with Crippen LogP contribution in [0, 0.1) is 0 Å². The fourth-order valence-electron chi connectivity index (χ4n) is 0.792. The molecule has 0 aromatic carbocycles. The summed E-state index contributed by atoms with van der Waals surface area (Å²) in [7, 11) is -3.06. The van der Waals surface area contributed by atoms with Crippen LogP contribution in [-0.4, -0.2) is 32.2 Å². The molecule has 0 bridgehead atoms. The molecule has 0 aromatic heterocycles. The van der Waals surface area contributed by atoms with Gasteiger partial charge in [0.05, 0.1) is 19.3 Å². The van der Waals surface area contributed by atoms with E-state index in [1.54, 1.807) is 13.8 Å². The van der Waals surface area contributed by atoms with Crippen LogP contribution in [0.1, 0.15) is 20.8 Å². The fraction of sp³-hybridized carbons (Fsp3) is 1.00. The molecule has 0 saturated heterocycles. The monoisotopic (exact) mass is 225 g/mol. The lowest BCUT2D eigenvalue weighted by Gasteiger charge is -2.18. The van der Waals surface area contributed by atoms with Crippen molar-refractivity contribution in [1.82, 2.24) is 0 Å². The van der Waals surface area contributed by atoms with Gasteiger partial charge in [-0.1, -0.05) is 0 Å². The van der Waals surface area contributed by atoms with Crippen molar-refractivity contribution in [3.05, 3.63) is 0 Å². The van der Waals surface area contributed by atoms with Crippen LogP contribution >= 0.6 is 7.60 Å². The molecule has 0 radical (unpaired) electrons. The van der Waals surface area contributed by atoms with Crippen molar-refractivity contribution in [2.24, 2.45) is 5.73 Å². The summed E-state index contributed by atoms with van der Waals surface area (Å²) in [6.07, 6.45) is -0.170. The minimum Gasteiger partial charge on any atom is -0.365 e. The zero-order valence-electron chi connectivity index (χ0n) is 9.06. The smallest absolute Gasteiger partial charge is 0.356 e. The maximum atomic E-state index is 11.8. The predicted octanol–water partition coefficient (Wildman–Crippen LogP) is 1.57. The molecular formula is C8H20NO4P. The number of hydrogen-bond donors (Lipinski definition) is 1. The van der Waals surface area contributed by atoms with Crippen LogP contribution in [0.15, 0.2) is 0 Å². The van der Waals surface area contributed by atoms with Crippen LogP contribution < -0.4 is 5.73 Å². The van der Waals surface area contributed by atoms with Crippen molar-refractivity contribution in [3.63, 3.8) is 0 Å². The second-order valence-electron chi connectivity index (χ2n) is 2.79. The molecule has 0 spiro atoms. The molecule has 86 valence electrons. The van der Waals surface area contributed by atoms with Gasteiger partial charge in [-0.3, -0.25) is 4.57 Å². The summed E-state index contributed by atoms with van der Waals surface area (Å²) in [5, 5.41) is 0. The third kappa shape index (κ3) is 5.73. The minimum absolute atomic E-state index is 0.0347. The molecule has 1 atom stereocenters. The Hall–Kier alpha value is 0.0700. The summed E-state index contributed by atoms with van der Waals surface area (Å²) in [5.74, 6) is 0. The quantitative estimate of drug-likeness (QED) is 0.635. The van der Waals surface area contributed by atoms with E-state index in [1.165, 1.54) is 0 Å².